The van der Waals surface area contributed by atoms with E-state index in [0.29, 0.717) is 5.92 Å². The van der Waals surface area contributed by atoms with Crippen LogP contribution in [0.15, 0.2) is 24.3 Å². The summed E-state index contributed by atoms with van der Waals surface area (Å²) in [4.78, 5) is 10.8. The van der Waals surface area contributed by atoms with Crippen molar-refractivity contribution in [3.8, 4) is 0 Å². The minimum Gasteiger partial charge on any atom is -0.399 e. The number of nitrogens with one attached hydrogen (secondary N) is 1. The monoisotopic (exact) mass is 247 g/mol. The van der Waals surface area contributed by atoms with Gasteiger partial charge in [-0.25, -0.2) is 4.79 Å². The smallest absolute Gasteiger partial charge is 0.312 e. The van der Waals surface area contributed by atoms with Gasteiger partial charge in [-0.1, -0.05) is 12.1 Å². The van der Waals surface area contributed by atoms with E-state index in [-0.39, 0.29) is 6.04 Å². The molecule has 0 heterocycles. The topological polar surface area (TPSA) is 81.1 Å². The highest BCUT2D eigenvalue weighted by Gasteiger charge is 2.21. The second kappa shape index (κ2) is 5.76. The van der Waals surface area contributed by atoms with Gasteiger partial charge in [0, 0.05) is 11.7 Å². The van der Waals surface area contributed by atoms with Crippen LogP contribution in [0.1, 0.15) is 31.2 Å². The lowest BCUT2D eigenvalue weighted by molar-refractivity contribution is 0.234. The molecule has 2 amide bonds. The molecule has 0 bridgehead atoms. The fraction of sp³-hybridized carbons (Fsp3) is 0.500. The summed E-state index contributed by atoms with van der Waals surface area (Å²) in [5, 5.41) is 2.80. The van der Waals surface area contributed by atoms with Gasteiger partial charge in [0.05, 0.1) is 0 Å². The molecule has 1 aromatic carbocycles. The summed E-state index contributed by atoms with van der Waals surface area (Å²) in [7, 11) is 0. The van der Waals surface area contributed by atoms with Gasteiger partial charge < -0.3 is 16.8 Å². The molecular formula is C14H21N3O. The average molecular weight is 247 g/mol. The van der Waals surface area contributed by atoms with E-state index in [2.05, 4.69) is 17.4 Å². The third-order valence-electron chi connectivity index (χ3n) is 3.70. The lowest BCUT2D eigenvalue weighted by Gasteiger charge is -2.28. The van der Waals surface area contributed by atoms with Crippen molar-refractivity contribution >= 4 is 11.7 Å². The first-order chi connectivity index (χ1) is 8.63. The summed E-state index contributed by atoms with van der Waals surface area (Å²) in [5.74, 6) is 0.708. The van der Waals surface area contributed by atoms with Gasteiger partial charge in [-0.15, -0.1) is 0 Å². The van der Waals surface area contributed by atoms with Crippen molar-refractivity contribution in [3.05, 3.63) is 29.8 Å². The Morgan fingerprint density at radius 1 is 1.17 bits per heavy atom. The van der Waals surface area contributed by atoms with Crippen molar-refractivity contribution in [1.29, 1.82) is 0 Å². The van der Waals surface area contributed by atoms with E-state index in [4.69, 9.17) is 11.5 Å². The minimum absolute atomic E-state index is 0.269. The van der Waals surface area contributed by atoms with E-state index in [0.717, 1.165) is 37.8 Å². The maximum absolute atomic E-state index is 10.8. The van der Waals surface area contributed by atoms with Gasteiger partial charge in [0.1, 0.15) is 0 Å². The predicted molar refractivity (Wildman–Crippen MR) is 73.0 cm³/mol. The number of nitrogen functional groups attached to an aromatic ring is 1. The molecule has 4 nitrogen and oxygen atoms in total. The van der Waals surface area contributed by atoms with Crippen LogP contribution in [0.25, 0.3) is 0 Å². The van der Waals surface area contributed by atoms with Crippen LogP contribution in [-0.4, -0.2) is 12.1 Å². The normalized spacial score (nSPS) is 23.6. The van der Waals surface area contributed by atoms with E-state index in [9.17, 15) is 4.79 Å². The number of nitrogens with two attached hydrogens (primary N) is 2. The average Bonchev–Trinajstić information content (AvgIpc) is 2.34. The van der Waals surface area contributed by atoms with Crippen LogP contribution in [0.5, 0.6) is 0 Å². The quantitative estimate of drug-likeness (QED) is 0.714. The van der Waals surface area contributed by atoms with Crippen LogP contribution in [0, 0.1) is 5.92 Å². The SMILES string of the molecule is NC(=O)NC1CCC(Cc2ccc(N)cc2)CC1. The van der Waals surface area contributed by atoms with Crippen molar-refractivity contribution in [3.63, 3.8) is 0 Å². The van der Waals surface area contributed by atoms with E-state index in [1.165, 1.54) is 5.56 Å². The molecule has 0 radical (unpaired) electrons. The standard InChI is InChI=1S/C14H21N3O/c15-12-5-1-10(2-6-12)9-11-3-7-13(8-4-11)17-14(16)18/h1-2,5-6,11,13H,3-4,7-9,15H2,(H3,16,17,18). The fourth-order valence-electron chi connectivity index (χ4n) is 2.70. The zero-order chi connectivity index (χ0) is 13.0. The number of hydrogen-bond donors (Lipinski definition) is 3. The summed E-state index contributed by atoms with van der Waals surface area (Å²) in [6.45, 7) is 0. The molecule has 0 atom stereocenters. The Kier molecular flexibility index (Phi) is 4.07. The van der Waals surface area contributed by atoms with Gasteiger partial charge in [-0.3, -0.25) is 0 Å². The van der Waals surface area contributed by atoms with Crippen molar-refractivity contribution in [2.45, 2.75) is 38.1 Å². The molecule has 4 heteroatoms. The first kappa shape index (κ1) is 12.7. The van der Waals surface area contributed by atoms with E-state index in [1.54, 1.807) is 0 Å². The number of carbonyl (C=O) groups excluding carboxylic acids is 1. The Morgan fingerprint density at radius 2 is 1.78 bits per heavy atom. The van der Waals surface area contributed by atoms with E-state index < -0.39 is 6.03 Å². The van der Waals surface area contributed by atoms with Crippen molar-refractivity contribution < 1.29 is 4.79 Å². The number of primary amides is 1. The van der Waals surface area contributed by atoms with Crippen molar-refractivity contribution in [1.82, 2.24) is 5.32 Å². The zero-order valence-electron chi connectivity index (χ0n) is 10.6. The van der Waals surface area contributed by atoms with Crippen LogP contribution >= 0.6 is 0 Å². The highest BCUT2D eigenvalue weighted by atomic mass is 16.2. The van der Waals surface area contributed by atoms with Gasteiger partial charge in [0.15, 0.2) is 0 Å². The maximum Gasteiger partial charge on any atom is 0.312 e. The second-order valence-electron chi connectivity index (χ2n) is 5.17. The van der Waals surface area contributed by atoms with Gasteiger partial charge in [-0.05, 0) is 55.7 Å². The summed E-state index contributed by atoms with van der Waals surface area (Å²) in [5.41, 5.74) is 13.0. The lowest BCUT2D eigenvalue weighted by atomic mass is 9.82. The molecule has 1 saturated carbocycles. The van der Waals surface area contributed by atoms with Crippen LogP contribution in [0.3, 0.4) is 0 Å². The van der Waals surface area contributed by atoms with E-state index >= 15 is 0 Å². The molecular weight excluding hydrogens is 226 g/mol. The number of rotatable bonds is 3. The highest BCUT2D eigenvalue weighted by Crippen LogP contribution is 2.27. The number of carbonyl (C=O) groups is 1. The molecule has 1 aliphatic carbocycles. The highest BCUT2D eigenvalue weighted by molar-refractivity contribution is 5.71. The van der Waals surface area contributed by atoms with Crippen molar-refractivity contribution in [2.75, 3.05) is 5.73 Å². The largest absolute Gasteiger partial charge is 0.399 e. The molecule has 0 aliphatic heterocycles. The molecule has 1 aromatic rings. The van der Waals surface area contributed by atoms with Crippen LogP contribution in [0.4, 0.5) is 10.5 Å². The first-order valence-corrected chi connectivity index (χ1v) is 6.54. The van der Waals surface area contributed by atoms with Crippen molar-refractivity contribution in [2.24, 2.45) is 11.7 Å². The Morgan fingerprint density at radius 3 is 2.33 bits per heavy atom. The third kappa shape index (κ3) is 3.65. The molecule has 1 fully saturated rings. The summed E-state index contributed by atoms with van der Waals surface area (Å²) < 4.78 is 0. The summed E-state index contributed by atoms with van der Waals surface area (Å²) in [6.07, 6.45) is 5.46. The molecule has 18 heavy (non-hydrogen) atoms. The summed E-state index contributed by atoms with van der Waals surface area (Å²) in [6, 6.07) is 7.97. The number of anilines is 1. The Bertz CT molecular complexity index is 394. The van der Waals surface area contributed by atoms with E-state index in [1.807, 2.05) is 12.1 Å². The molecule has 1 aliphatic rings. The molecule has 0 spiro atoms. The minimum atomic E-state index is -0.406. The Hall–Kier alpha value is -1.71. The fourth-order valence-corrected chi connectivity index (χ4v) is 2.70. The molecule has 2 rings (SSSR count). The molecule has 0 unspecified atom stereocenters. The molecule has 98 valence electrons. The molecule has 0 aromatic heterocycles. The summed E-state index contributed by atoms with van der Waals surface area (Å²) >= 11 is 0. The second-order valence-corrected chi connectivity index (χ2v) is 5.17. The van der Waals surface area contributed by atoms with Gasteiger partial charge in [0.25, 0.3) is 0 Å². The third-order valence-corrected chi connectivity index (χ3v) is 3.70. The Balaban J connectivity index is 1.79. The number of amides is 2. The maximum atomic E-state index is 10.8. The first-order valence-electron chi connectivity index (χ1n) is 6.54. The van der Waals surface area contributed by atoms with Gasteiger partial charge in [0.2, 0.25) is 0 Å². The number of benzene rings is 1. The Labute approximate surface area is 108 Å². The molecule has 0 saturated heterocycles. The number of urea groups is 1. The van der Waals surface area contributed by atoms with Crippen LogP contribution in [-0.2, 0) is 6.42 Å². The van der Waals surface area contributed by atoms with Gasteiger partial charge in [-0.2, -0.15) is 0 Å². The van der Waals surface area contributed by atoms with Crippen LogP contribution < -0.4 is 16.8 Å². The predicted octanol–water partition coefficient (Wildman–Crippen LogP) is 2.04. The lowest BCUT2D eigenvalue weighted by Crippen LogP contribution is -2.40. The zero-order valence-corrected chi connectivity index (χ0v) is 10.6. The van der Waals surface area contributed by atoms with Gasteiger partial charge >= 0.3 is 6.03 Å². The van der Waals surface area contributed by atoms with Crippen LogP contribution in [0.2, 0.25) is 0 Å². The molecule has 5 N–H and O–H groups in total. The number of hydrogen-bond acceptors (Lipinski definition) is 2.